The van der Waals surface area contributed by atoms with Gasteiger partial charge in [-0.15, -0.1) is 0 Å². The molecule has 0 aliphatic rings. The SMILES string of the molecule is Nc1cn2ccnc2c(Nc2cccc(Cl)c2Cl)n1. The van der Waals surface area contributed by atoms with Crippen LogP contribution in [0.5, 0.6) is 0 Å². The molecule has 3 aromatic rings. The van der Waals surface area contributed by atoms with Crippen LogP contribution in [-0.4, -0.2) is 14.4 Å². The van der Waals surface area contributed by atoms with E-state index in [1.165, 1.54) is 0 Å². The molecule has 2 heterocycles. The van der Waals surface area contributed by atoms with Crippen molar-refractivity contribution < 1.29 is 0 Å². The number of rotatable bonds is 2. The first-order valence-electron chi connectivity index (χ1n) is 5.45. The lowest BCUT2D eigenvalue weighted by Crippen LogP contribution is -2.02. The van der Waals surface area contributed by atoms with Gasteiger partial charge in [0.1, 0.15) is 5.82 Å². The van der Waals surface area contributed by atoms with Crippen LogP contribution < -0.4 is 11.1 Å². The number of fused-ring (bicyclic) bond motifs is 1. The van der Waals surface area contributed by atoms with Crippen molar-refractivity contribution in [2.24, 2.45) is 0 Å². The number of aromatic nitrogens is 3. The van der Waals surface area contributed by atoms with Gasteiger partial charge in [-0.2, -0.15) is 0 Å². The van der Waals surface area contributed by atoms with Crippen molar-refractivity contribution in [1.82, 2.24) is 14.4 Å². The number of nitrogens with one attached hydrogen (secondary N) is 1. The maximum atomic E-state index is 6.13. The number of nitrogens with zero attached hydrogens (tertiary/aromatic N) is 3. The molecule has 0 aliphatic carbocycles. The van der Waals surface area contributed by atoms with Crippen molar-refractivity contribution in [3.05, 3.63) is 46.8 Å². The van der Waals surface area contributed by atoms with Gasteiger partial charge in [0.15, 0.2) is 11.5 Å². The number of hydrogen-bond donors (Lipinski definition) is 2. The molecular formula is C12H9Cl2N5. The molecule has 0 bridgehead atoms. The number of benzene rings is 1. The van der Waals surface area contributed by atoms with Gasteiger partial charge in [-0.1, -0.05) is 29.3 Å². The Kier molecular flexibility index (Phi) is 2.93. The van der Waals surface area contributed by atoms with Crippen LogP contribution in [0.4, 0.5) is 17.3 Å². The fourth-order valence-electron chi connectivity index (χ4n) is 1.76. The number of imidazole rings is 1. The average molecular weight is 294 g/mol. The largest absolute Gasteiger partial charge is 0.382 e. The van der Waals surface area contributed by atoms with E-state index in [1.807, 2.05) is 0 Å². The Morgan fingerprint density at radius 2 is 2.11 bits per heavy atom. The smallest absolute Gasteiger partial charge is 0.180 e. The summed E-state index contributed by atoms with van der Waals surface area (Å²) in [5, 5.41) is 3.99. The van der Waals surface area contributed by atoms with Crippen molar-refractivity contribution in [3.63, 3.8) is 0 Å². The third kappa shape index (κ3) is 2.18. The summed E-state index contributed by atoms with van der Waals surface area (Å²) in [6.45, 7) is 0. The fraction of sp³-hybridized carbons (Fsp3) is 0. The van der Waals surface area contributed by atoms with Crippen molar-refractivity contribution in [2.75, 3.05) is 11.1 Å². The zero-order valence-electron chi connectivity index (χ0n) is 9.64. The molecule has 0 spiro atoms. The van der Waals surface area contributed by atoms with Crippen LogP contribution in [0.25, 0.3) is 5.65 Å². The molecule has 96 valence electrons. The van der Waals surface area contributed by atoms with Gasteiger partial charge in [0.2, 0.25) is 0 Å². The molecule has 0 aliphatic heterocycles. The number of nitrogen functional groups attached to an aromatic ring is 1. The topological polar surface area (TPSA) is 68.2 Å². The van der Waals surface area contributed by atoms with Crippen molar-refractivity contribution >= 4 is 46.2 Å². The Bertz CT molecular complexity index is 753. The molecule has 7 heteroatoms. The highest BCUT2D eigenvalue weighted by molar-refractivity contribution is 6.43. The lowest BCUT2D eigenvalue weighted by atomic mass is 10.3. The summed E-state index contributed by atoms with van der Waals surface area (Å²) in [4.78, 5) is 8.44. The standard InChI is InChI=1S/C12H9Cl2N5/c13-7-2-1-3-8(10(7)14)17-11-12-16-4-5-19(12)6-9(15)18-11/h1-6H,15H2,(H,17,18). The molecule has 3 rings (SSSR count). The number of hydrogen-bond acceptors (Lipinski definition) is 4. The Balaban J connectivity index is 2.10. The van der Waals surface area contributed by atoms with E-state index < -0.39 is 0 Å². The second-order valence-corrected chi connectivity index (χ2v) is 4.68. The third-order valence-corrected chi connectivity index (χ3v) is 3.42. The average Bonchev–Trinajstić information content (AvgIpc) is 2.83. The Morgan fingerprint density at radius 1 is 1.26 bits per heavy atom. The molecule has 0 atom stereocenters. The van der Waals surface area contributed by atoms with E-state index in [0.717, 1.165) is 0 Å². The predicted octanol–water partition coefficient (Wildman–Crippen LogP) is 3.36. The normalized spacial score (nSPS) is 10.8. The third-order valence-electron chi connectivity index (χ3n) is 2.60. The van der Waals surface area contributed by atoms with Gasteiger partial charge < -0.3 is 15.5 Å². The van der Waals surface area contributed by atoms with Crippen molar-refractivity contribution in [3.8, 4) is 0 Å². The van der Waals surface area contributed by atoms with Crippen LogP contribution in [-0.2, 0) is 0 Å². The maximum Gasteiger partial charge on any atom is 0.180 e. The van der Waals surface area contributed by atoms with Gasteiger partial charge in [0, 0.05) is 12.4 Å². The van der Waals surface area contributed by atoms with E-state index >= 15 is 0 Å². The predicted molar refractivity (Wildman–Crippen MR) is 77.1 cm³/mol. The number of anilines is 3. The zero-order chi connectivity index (χ0) is 13.4. The summed E-state index contributed by atoms with van der Waals surface area (Å²) < 4.78 is 1.78. The van der Waals surface area contributed by atoms with Gasteiger partial charge in [-0.3, -0.25) is 0 Å². The van der Waals surface area contributed by atoms with E-state index in [2.05, 4.69) is 15.3 Å². The second-order valence-electron chi connectivity index (χ2n) is 3.90. The van der Waals surface area contributed by atoms with Gasteiger partial charge in [-0.05, 0) is 12.1 Å². The van der Waals surface area contributed by atoms with Gasteiger partial charge in [0.05, 0.1) is 21.9 Å². The monoisotopic (exact) mass is 293 g/mol. The molecule has 0 unspecified atom stereocenters. The van der Waals surface area contributed by atoms with Crippen LogP contribution in [0.1, 0.15) is 0 Å². The Hall–Kier alpha value is -1.98. The summed E-state index contributed by atoms with van der Waals surface area (Å²) in [5.41, 5.74) is 7.05. The molecule has 3 N–H and O–H groups in total. The zero-order valence-corrected chi connectivity index (χ0v) is 11.2. The molecule has 0 saturated heterocycles. The Morgan fingerprint density at radius 3 is 2.95 bits per heavy atom. The molecule has 0 radical (unpaired) electrons. The summed E-state index contributed by atoms with van der Waals surface area (Å²) in [6.07, 6.45) is 5.15. The second kappa shape index (κ2) is 4.60. The van der Waals surface area contributed by atoms with Crippen LogP contribution in [0.15, 0.2) is 36.8 Å². The van der Waals surface area contributed by atoms with Gasteiger partial charge in [-0.25, -0.2) is 9.97 Å². The first-order chi connectivity index (χ1) is 9.15. The van der Waals surface area contributed by atoms with E-state index in [9.17, 15) is 0 Å². The molecular weight excluding hydrogens is 285 g/mol. The van der Waals surface area contributed by atoms with Crippen LogP contribution >= 0.6 is 23.2 Å². The first kappa shape index (κ1) is 12.1. The van der Waals surface area contributed by atoms with Crippen molar-refractivity contribution in [2.45, 2.75) is 0 Å². The minimum absolute atomic E-state index is 0.381. The maximum absolute atomic E-state index is 6.13. The highest BCUT2D eigenvalue weighted by Gasteiger charge is 2.09. The molecule has 0 amide bonds. The lowest BCUT2D eigenvalue weighted by Gasteiger charge is -2.10. The first-order valence-corrected chi connectivity index (χ1v) is 6.21. The molecule has 2 aromatic heterocycles. The highest BCUT2D eigenvalue weighted by atomic mass is 35.5. The van der Waals surface area contributed by atoms with E-state index in [-0.39, 0.29) is 0 Å². The molecule has 1 aromatic carbocycles. The molecule has 0 saturated carbocycles. The van der Waals surface area contributed by atoms with Crippen molar-refractivity contribution in [1.29, 1.82) is 0 Å². The summed E-state index contributed by atoms with van der Waals surface area (Å²) in [6, 6.07) is 5.32. The van der Waals surface area contributed by atoms with Gasteiger partial charge >= 0.3 is 0 Å². The fourth-order valence-corrected chi connectivity index (χ4v) is 2.11. The highest BCUT2D eigenvalue weighted by Crippen LogP contribution is 2.32. The minimum Gasteiger partial charge on any atom is -0.382 e. The summed E-state index contributed by atoms with van der Waals surface area (Å²) in [5.74, 6) is 0.903. The summed E-state index contributed by atoms with van der Waals surface area (Å²) in [7, 11) is 0. The van der Waals surface area contributed by atoms with Crippen LogP contribution in [0.3, 0.4) is 0 Å². The van der Waals surface area contributed by atoms with E-state index in [0.29, 0.717) is 33.0 Å². The van der Waals surface area contributed by atoms with E-state index in [1.54, 1.807) is 41.2 Å². The van der Waals surface area contributed by atoms with Crippen LogP contribution in [0, 0.1) is 0 Å². The molecule has 5 nitrogen and oxygen atoms in total. The van der Waals surface area contributed by atoms with Crippen LogP contribution in [0.2, 0.25) is 10.0 Å². The number of halogens is 2. The minimum atomic E-state index is 0.381. The molecule has 19 heavy (non-hydrogen) atoms. The quantitative estimate of drug-likeness (QED) is 0.760. The Labute approximate surface area is 119 Å². The summed E-state index contributed by atoms with van der Waals surface area (Å²) >= 11 is 12.1. The lowest BCUT2D eigenvalue weighted by molar-refractivity contribution is 1.14. The molecule has 0 fully saturated rings. The van der Waals surface area contributed by atoms with Gasteiger partial charge in [0.25, 0.3) is 0 Å². The number of nitrogens with two attached hydrogens (primary N) is 1. The van der Waals surface area contributed by atoms with E-state index in [4.69, 9.17) is 28.9 Å².